The Morgan fingerprint density at radius 1 is 1.00 bits per heavy atom. The van der Waals surface area contributed by atoms with E-state index in [-0.39, 0.29) is 16.5 Å². The van der Waals surface area contributed by atoms with E-state index in [0.717, 1.165) is 17.2 Å². The number of aliphatic hydroxyl groups is 1. The summed E-state index contributed by atoms with van der Waals surface area (Å²) in [6.07, 6.45) is 0.883. The Morgan fingerprint density at radius 2 is 1.67 bits per heavy atom. The highest BCUT2D eigenvalue weighted by molar-refractivity contribution is 6.01. The summed E-state index contributed by atoms with van der Waals surface area (Å²) in [5.41, 5.74) is 0.482. The highest BCUT2D eigenvalue weighted by Crippen LogP contribution is 2.26. The molecule has 0 unspecified atom stereocenters. The second-order valence-electron chi connectivity index (χ2n) is 5.65. The van der Waals surface area contributed by atoms with Crippen LogP contribution >= 0.6 is 0 Å². The van der Waals surface area contributed by atoms with Crippen molar-refractivity contribution in [2.24, 2.45) is 0 Å². The summed E-state index contributed by atoms with van der Waals surface area (Å²) in [4.78, 5) is 35.4. The summed E-state index contributed by atoms with van der Waals surface area (Å²) in [7, 11) is 0. The van der Waals surface area contributed by atoms with Gasteiger partial charge in [0.05, 0.1) is 5.39 Å². The van der Waals surface area contributed by atoms with Crippen molar-refractivity contribution in [1.29, 1.82) is 0 Å². The summed E-state index contributed by atoms with van der Waals surface area (Å²) in [5.74, 6) is -0.999. The highest BCUT2D eigenvalue weighted by atomic mass is 16.4. The Morgan fingerprint density at radius 3 is 2.33 bits per heavy atom. The SMILES string of the molecule is CC(=O)/C=C(\O)c1cc2c(=O)oc3cc(C)c(C)cc3c2oc1=O. The molecule has 2 aromatic heterocycles. The van der Waals surface area contributed by atoms with Crippen LogP contribution in [0.15, 0.2) is 42.7 Å². The van der Waals surface area contributed by atoms with E-state index < -0.39 is 22.8 Å². The molecule has 0 fully saturated rings. The Labute approximate surface area is 135 Å². The van der Waals surface area contributed by atoms with Crippen molar-refractivity contribution in [3.63, 3.8) is 0 Å². The van der Waals surface area contributed by atoms with Gasteiger partial charge >= 0.3 is 11.3 Å². The van der Waals surface area contributed by atoms with Gasteiger partial charge in [0.1, 0.15) is 22.3 Å². The third-order valence-corrected chi connectivity index (χ3v) is 3.83. The number of aryl methyl sites for hydroxylation is 2. The van der Waals surface area contributed by atoms with Crippen molar-refractivity contribution in [2.75, 3.05) is 0 Å². The predicted molar refractivity (Wildman–Crippen MR) is 89.3 cm³/mol. The maximum atomic E-state index is 12.2. The van der Waals surface area contributed by atoms with Crippen LogP contribution in [-0.4, -0.2) is 10.9 Å². The second kappa shape index (κ2) is 5.49. The van der Waals surface area contributed by atoms with Gasteiger partial charge in [-0.25, -0.2) is 9.59 Å². The number of rotatable bonds is 2. The van der Waals surface area contributed by atoms with E-state index in [1.165, 1.54) is 13.0 Å². The minimum atomic E-state index is -0.845. The molecule has 0 radical (unpaired) electrons. The van der Waals surface area contributed by atoms with Crippen LogP contribution in [0.25, 0.3) is 27.7 Å². The molecule has 0 saturated heterocycles. The van der Waals surface area contributed by atoms with Crippen molar-refractivity contribution in [1.82, 2.24) is 0 Å². The van der Waals surface area contributed by atoms with Crippen LogP contribution in [0.2, 0.25) is 0 Å². The van der Waals surface area contributed by atoms with Crippen molar-refractivity contribution >= 4 is 33.5 Å². The van der Waals surface area contributed by atoms with Gasteiger partial charge in [0.2, 0.25) is 0 Å². The van der Waals surface area contributed by atoms with Crippen LogP contribution < -0.4 is 11.3 Å². The molecule has 0 spiro atoms. The standard InChI is InChI=1S/C18H14O6/c1-8-4-12-15(5-9(8)2)23-18(22)13-7-11(14(20)6-10(3)19)17(21)24-16(12)13/h4-7,20H,1-3H3/b14-6-. The van der Waals surface area contributed by atoms with E-state index in [4.69, 9.17) is 8.83 Å². The van der Waals surface area contributed by atoms with Crippen LogP contribution in [0.4, 0.5) is 0 Å². The van der Waals surface area contributed by atoms with Gasteiger partial charge in [-0.15, -0.1) is 0 Å². The van der Waals surface area contributed by atoms with Gasteiger partial charge in [-0.2, -0.15) is 0 Å². The minimum Gasteiger partial charge on any atom is -0.507 e. The normalized spacial score (nSPS) is 12.0. The van der Waals surface area contributed by atoms with E-state index in [1.54, 1.807) is 12.1 Å². The number of allylic oxidation sites excluding steroid dienone is 1. The molecule has 0 atom stereocenters. The number of hydrogen-bond acceptors (Lipinski definition) is 6. The smallest absolute Gasteiger partial charge is 0.347 e. The van der Waals surface area contributed by atoms with Gasteiger partial charge < -0.3 is 13.9 Å². The quantitative estimate of drug-likeness (QED) is 0.336. The van der Waals surface area contributed by atoms with Gasteiger partial charge in [0.15, 0.2) is 11.4 Å². The molecule has 3 aromatic rings. The number of fused-ring (bicyclic) bond motifs is 3. The summed E-state index contributed by atoms with van der Waals surface area (Å²) < 4.78 is 10.5. The molecule has 3 rings (SSSR count). The van der Waals surface area contributed by atoms with E-state index >= 15 is 0 Å². The van der Waals surface area contributed by atoms with Gasteiger partial charge in [-0.1, -0.05) is 0 Å². The zero-order valence-electron chi connectivity index (χ0n) is 13.3. The maximum absolute atomic E-state index is 12.2. The number of carbonyl (C=O) groups excluding carboxylic acids is 1. The van der Waals surface area contributed by atoms with Crippen LogP contribution in [-0.2, 0) is 4.79 Å². The van der Waals surface area contributed by atoms with E-state index in [9.17, 15) is 19.5 Å². The Bertz CT molecular complexity index is 1140. The highest BCUT2D eigenvalue weighted by Gasteiger charge is 2.16. The molecule has 6 nitrogen and oxygen atoms in total. The van der Waals surface area contributed by atoms with Gasteiger partial charge in [-0.3, -0.25) is 4.79 Å². The molecule has 0 bridgehead atoms. The van der Waals surface area contributed by atoms with Crippen molar-refractivity contribution in [3.05, 3.63) is 61.8 Å². The fourth-order valence-electron chi connectivity index (χ4n) is 2.48. The summed E-state index contributed by atoms with van der Waals surface area (Å²) in [6.45, 7) is 4.99. The van der Waals surface area contributed by atoms with Crippen LogP contribution in [0.3, 0.4) is 0 Å². The maximum Gasteiger partial charge on any atom is 0.347 e. The average Bonchev–Trinajstić information content (AvgIpc) is 2.48. The fraction of sp³-hybridized carbons (Fsp3) is 0.167. The first-order valence-electron chi connectivity index (χ1n) is 7.21. The molecule has 1 aromatic carbocycles. The second-order valence-corrected chi connectivity index (χ2v) is 5.65. The van der Waals surface area contributed by atoms with Gasteiger partial charge in [0.25, 0.3) is 0 Å². The molecular weight excluding hydrogens is 312 g/mol. The lowest BCUT2D eigenvalue weighted by atomic mass is 10.1. The molecule has 0 saturated carbocycles. The molecule has 1 N–H and O–H groups in total. The van der Waals surface area contributed by atoms with Crippen molar-refractivity contribution in [2.45, 2.75) is 20.8 Å². The first-order chi connectivity index (χ1) is 11.3. The summed E-state index contributed by atoms with van der Waals surface area (Å²) in [6, 6.07) is 4.65. The van der Waals surface area contributed by atoms with Gasteiger partial charge in [-0.05, 0) is 50.1 Å². The average molecular weight is 326 g/mol. The van der Waals surface area contributed by atoms with Gasteiger partial charge in [0, 0.05) is 6.08 Å². The molecule has 2 heterocycles. The largest absolute Gasteiger partial charge is 0.507 e. The minimum absolute atomic E-state index is 0.0175. The molecule has 122 valence electrons. The molecule has 0 aliphatic heterocycles. The van der Waals surface area contributed by atoms with Crippen LogP contribution in [0, 0.1) is 13.8 Å². The number of benzene rings is 1. The lowest BCUT2D eigenvalue weighted by Gasteiger charge is -2.06. The number of aliphatic hydroxyl groups excluding tert-OH is 1. The lowest BCUT2D eigenvalue weighted by Crippen LogP contribution is -2.11. The van der Waals surface area contributed by atoms with Crippen molar-refractivity contribution < 1.29 is 18.7 Å². The molecule has 0 amide bonds. The Balaban J connectivity index is 2.45. The third-order valence-electron chi connectivity index (χ3n) is 3.83. The Kier molecular flexibility index (Phi) is 3.60. The molecular formula is C18H14O6. The third kappa shape index (κ3) is 2.52. The molecule has 0 aliphatic rings. The monoisotopic (exact) mass is 326 g/mol. The fourth-order valence-corrected chi connectivity index (χ4v) is 2.48. The zero-order valence-corrected chi connectivity index (χ0v) is 13.3. The lowest BCUT2D eigenvalue weighted by molar-refractivity contribution is -0.112. The molecule has 0 aliphatic carbocycles. The van der Waals surface area contributed by atoms with E-state index in [2.05, 4.69) is 0 Å². The topological polar surface area (TPSA) is 97.7 Å². The number of hydrogen-bond donors (Lipinski definition) is 1. The Hall–Kier alpha value is -3.15. The van der Waals surface area contributed by atoms with Crippen LogP contribution in [0.1, 0.15) is 23.6 Å². The first kappa shape index (κ1) is 15.7. The van der Waals surface area contributed by atoms with E-state index in [0.29, 0.717) is 11.0 Å². The summed E-state index contributed by atoms with van der Waals surface area (Å²) >= 11 is 0. The molecule has 24 heavy (non-hydrogen) atoms. The number of carbonyl (C=O) groups is 1. The van der Waals surface area contributed by atoms with Crippen molar-refractivity contribution in [3.8, 4) is 0 Å². The predicted octanol–water partition coefficient (Wildman–Crippen LogP) is 3.00. The summed E-state index contributed by atoms with van der Waals surface area (Å²) in [5, 5.41) is 10.4. The van der Waals surface area contributed by atoms with E-state index in [1.807, 2.05) is 13.8 Å². The number of ketones is 1. The first-order valence-corrected chi connectivity index (χ1v) is 7.21. The molecule has 6 heteroatoms. The zero-order chi connectivity index (χ0) is 17.6. The van der Waals surface area contributed by atoms with Crippen LogP contribution in [0.5, 0.6) is 0 Å².